The summed E-state index contributed by atoms with van der Waals surface area (Å²) < 4.78 is 5.25. The van der Waals surface area contributed by atoms with E-state index in [0.717, 1.165) is 30.0 Å². The summed E-state index contributed by atoms with van der Waals surface area (Å²) in [5.41, 5.74) is 1.79. The Labute approximate surface area is 107 Å². The average Bonchev–Trinajstić information content (AvgIpc) is 2.92. The van der Waals surface area contributed by atoms with E-state index in [2.05, 4.69) is 5.32 Å². The molecular weight excluding hydrogens is 226 g/mol. The van der Waals surface area contributed by atoms with Gasteiger partial charge in [-0.15, -0.1) is 0 Å². The highest BCUT2D eigenvalue weighted by Gasteiger charge is 2.02. The van der Waals surface area contributed by atoms with E-state index < -0.39 is 0 Å². The van der Waals surface area contributed by atoms with E-state index in [-0.39, 0.29) is 5.78 Å². The summed E-state index contributed by atoms with van der Waals surface area (Å²) in [4.78, 5) is 11.5. The molecule has 2 rings (SSSR count). The third kappa shape index (κ3) is 3.23. The molecule has 1 aromatic carbocycles. The van der Waals surface area contributed by atoms with Gasteiger partial charge in [-0.25, -0.2) is 0 Å². The lowest BCUT2D eigenvalue weighted by atomic mass is 10.1. The van der Waals surface area contributed by atoms with E-state index in [1.807, 2.05) is 43.3 Å². The highest BCUT2D eigenvalue weighted by Crippen LogP contribution is 2.11. The third-order valence-corrected chi connectivity index (χ3v) is 2.81. The van der Waals surface area contributed by atoms with Gasteiger partial charge in [-0.1, -0.05) is 6.92 Å². The second-order valence-electron chi connectivity index (χ2n) is 4.11. The summed E-state index contributed by atoms with van der Waals surface area (Å²) in [6.45, 7) is 2.69. The van der Waals surface area contributed by atoms with Crippen molar-refractivity contribution >= 4 is 11.5 Å². The Morgan fingerprint density at radius 3 is 2.61 bits per heavy atom. The quantitative estimate of drug-likeness (QED) is 0.789. The van der Waals surface area contributed by atoms with Gasteiger partial charge in [0.15, 0.2) is 5.78 Å². The molecule has 1 heterocycles. The van der Waals surface area contributed by atoms with E-state index in [1.165, 1.54) is 0 Å². The second kappa shape index (κ2) is 6.05. The van der Waals surface area contributed by atoms with Crippen molar-refractivity contribution in [2.45, 2.75) is 19.8 Å². The van der Waals surface area contributed by atoms with E-state index in [9.17, 15) is 4.79 Å². The number of hydrogen-bond acceptors (Lipinski definition) is 3. The predicted molar refractivity (Wildman–Crippen MR) is 72.0 cm³/mol. The number of carbonyl (C=O) groups is 1. The lowest BCUT2D eigenvalue weighted by Gasteiger charge is -2.06. The first-order valence-corrected chi connectivity index (χ1v) is 6.19. The molecule has 0 aliphatic heterocycles. The molecule has 18 heavy (non-hydrogen) atoms. The smallest absolute Gasteiger partial charge is 0.162 e. The number of Topliss-reactive ketones (excluding diaryl/α,β-unsaturated/α-hetero) is 1. The molecule has 0 amide bonds. The van der Waals surface area contributed by atoms with Crippen LogP contribution in [-0.2, 0) is 6.42 Å². The number of furan rings is 1. The zero-order valence-corrected chi connectivity index (χ0v) is 10.5. The highest BCUT2D eigenvalue weighted by molar-refractivity contribution is 5.96. The summed E-state index contributed by atoms with van der Waals surface area (Å²) in [6, 6.07) is 11.4. The monoisotopic (exact) mass is 243 g/mol. The first kappa shape index (κ1) is 12.4. The molecule has 0 radical (unpaired) electrons. The Bertz CT molecular complexity index is 486. The van der Waals surface area contributed by atoms with Crippen LogP contribution in [0.4, 0.5) is 5.69 Å². The SMILES string of the molecule is CCC(=O)c1ccc(NCCc2ccco2)cc1. The topological polar surface area (TPSA) is 42.2 Å². The second-order valence-corrected chi connectivity index (χ2v) is 4.11. The van der Waals surface area contributed by atoms with Crippen LogP contribution in [0.25, 0.3) is 0 Å². The van der Waals surface area contributed by atoms with Gasteiger partial charge >= 0.3 is 0 Å². The number of anilines is 1. The molecule has 0 fully saturated rings. The number of hydrogen-bond donors (Lipinski definition) is 1. The summed E-state index contributed by atoms with van der Waals surface area (Å²) >= 11 is 0. The average molecular weight is 243 g/mol. The van der Waals surface area contributed by atoms with Crippen molar-refractivity contribution in [3.05, 3.63) is 54.0 Å². The van der Waals surface area contributed by atoms with Crippen LogP contribution >= 0.6 is 0 Å². The number of rotatable bonds is 6. The number of ketones is 1. The summed E-state index contributed by atoms with van der Waals surface area (Å²) in [6.07, 6.45) is 3.08. The molecule has 0 saturated carbocycles. The molecule has 94 valence electrons. The molecule has 3 heteroatoms. The Kier molecular flexibility index (Phi) is 4.18. The number of benzene rings is 1. The molecule has 0 aliphatic carbocycles. The van der Waals surface area contributed by atoms with E-state index in [4.69, 9.17) is 4.42 Å². The van der Waals surface area contributed by atoms with Crippen LogP contribution in [0.3, 0.4) is 0 Å². The van der Waals surface area contributed by atoms with Gasteiger partial charge < -0.3 is 9.73 Å². The molecular formula is C15H17NO2. The molecule has 0 unspecified atom stereocenters. The lowest BCUT2D eigenvalue weighted by Crippen LogP contribution is -2.04. The van der Waals surface area contributed by atoms with Crippen LogP contribution in [0.2, 0.25) is 0 Å². The summed E-state index contributed by atoms with van der Waals surface area (Å²) in [5, 5.41) is 3.30. The minimum Gasteiger partial charge on any atom is -0.469 e. The molecule has 0 bridgehead atoms. The fourth-order valence-corrected chi connectivity index (χ4v) is 1.76. The van der Waals surface area contributed by atoms with Crippen molar-refractivity contribution < 1.29 is 9.21 Å². The van der Waals surface area contributed by atoms with Gasteiger partial charge in [0.1, 0.15) is 5.76 Å². The normalized spacial score (nSPS) is 10.3. The summed E-state index contributed by atoms with van der Waals surface area (Å²) in [7, 11) is 0. The van der Waals surface area contributed by atoms with E-state index in [1.54, 1.807) is 6.26 Å². The number of carbonyl (C=O) groups excluding carboxylic acids is 1. The van der Waals surface area contributed by atoms with Crippen molar-refractivity contribution in [2.24, 2.45) is 0 Å². The van der Waals surface area contributed by atoms with Crippen molar-refractivity contribution in [2.75, 3.05) is 11.9 Å². The third-order valence-electron chi connectivity index (χ3n) is 2.81. The Morgan fingerprint density at radius 1 is 1.22 bits per heavy atom. The van der Waals surface area contributed by atoms with Crippen LogP contribution in [0.5, 0.6) is 0 Å². The van der Waals surface area contributed by atoms with Gasteiger partial charge in [0.2, 0.25) is 0 Å². The van der Waals surface area contributed by atoms with Gasteiger partial charge in [0.05, 0.1) is 6.26 Å². The van der Waals surface area contributed by atoms with E-state index in [0.29, 0.717) is 6.42 Å². The van der Waals surface area contributed by atoms with Gasteiger partial charge in [0.25, 0.3) is 0 Å². The van der Waals surface area contributed by atoms with Gasteiger partial charge in [-0.05, 0) is 36.4 Å². The first-order chi connectivity index (χ1) is 8.79. The van der Waals surface area contributed by atoms with Crippen LogP contribution < -0.4 is 5.32 Å². The molecule has 3 nitrogen and oxygen atoms in total. The van der Waals surface area contributed by atoms with Crippen LogP contribution in [0.15, 0.2) is 47.1 Å². The minimum atomic E-state index is 0.178. The van der Waals surface area contributed by atoms with Crippen molar-refractivity contribution in [1.29, 1.82) is 0 Å². The molecule has 1 aromatic heterocycles. The predicted octanol–water partition coefficient (Wildman–Crippen LogP) is 3.53. The van der Waals surface area contributed by atoms with E-state index >= 15 is 0 Å². The Hall–Kier alpha value is -2.03. The molecule has 1 N–H and O–H groups in total. The Morgan fingerprint density at radius 2 is 2.00 bits per heavy atom. The van der Waals surface area contributed by atoms with Crippen LogP contribution in [0.1, 0.15) is 29.5 Å². The van der Waals surface area contributed by atoms with Crippen molar-refractivity contribution in [3.8, 4) is 0 Å². The van der Waals surface area contributed by atoms with Crippen molar-refractivity contribution in [3.63, 3.8) is 0 Å². The van der Waals surface area contributed by atoms with Crippen molar-refractivity contribution in [1.82, 2.24) is 0 Å². The molecule has 2 aromatic rings. The maximum Gasteiger partial charge on any atom is 0.162 e. The minimum absolute atomic E-state index is 0.178. The molecule has 0 saturated heterocycles. The van der Waals surface area contributed by atoms with Crippen LogP contribution in [-0.4, -0.2) is 12.3 Å². The standard InChI is InChI=1S/C15H17NO2/c1-2-15(17)12-5-7-13(8-6-12)16-10-9-14-4-3-11-18-14/h3-8,11,16H,2,9-10H2,1H3. The van der Waals surface area contributed by atoms with Gasteiger partial charge in [0, 0.05) is 30.6 Å². The fourth-order valence-electron chi connectivity index (χ4n) is 1.76. The molecule has 0 spiro atoms. The lowest BCUT2D eigenvalue weighted by molar-refractivity contribution is 0.0988. The maximum absolute atomic E-state index is 11.5. The van der Waals surface area contributed by atoms with Crippen LogP contribution in [0, 0.1) is 0 Å². The molecule has 0 atom stereocenters. The Balaban J connectivity index is 1.85. The zero-order chi connectivity index (χ0) is 12.8. The zero-order valence-electron chi connectivity index (χ0n) is 10.5. The largest absolute Gasteiger partial charge is 0.469 e. The van der Waals surface area contributed by atoms with Gasteiger partial charge in [-0.2, -0.15) is 0 Å². The maximum atomic E-state index is 11.5. The number of nitrogens with one attached hydrogen (secondary N) is 1. The first-order valence-electron chi connectivity index (χ1n) is 6.19. The fraction of sp³-hybridized carbons (Fsp3) is 0.267. The summed E-state index contributed by atoms with van der Waals surface area (Å²) in [5.74, 6) is 1.15. The molecule has 0 aliphatic rings. The van der Waals surface area contributed by atoms with Gasteiger partial charge in [-0.3, -0.25) is 4.79 Å². The highest BCUT2D eigenvalue weighted by atomic mass is 16.3.